The highest BCUT2D eigenvalue weighted by molar-refractivity contribution is 8.04. The molecule has 1 aromatic carbocycles. The molecule has 2 aliphatic heterocycles. The number of hydrogen-bond donors (Lipinski definition) is 1. The number of pyridine rings is 1. The smallest absolute Gasteiger partial charge is 0.258 e. The van der Waals surface area contributed by atoms with Gasteiger partial charge in [0.05, 0.1) is 46.2 Å². The number of carbonyl (C=O) groups excluding carboxylic acids is 1. The Hall–Kier alpha value is -3.32. The minimum Gasteiger partial charge on any atom is -0.494 e. The van der Waals surface area contributed by atoms with Gasteiger partial charge >= 0.3 is 0 Å². The average molecular weight is 504 g/mol. The lowest BCUT2D eigenvalue weighted by Crippen LogP contribution is -2.45. The van der Waals surface area contributed by atoms with Gasteiger partial charge in [0.15, 0.2) is 0 Å². The first-order chi connectivity index (χ1) is 17.6. The van der Waals surface area contributed by atoms with Crippen molar-refractivity contribution in [2.75, 3.05) is 33.4 Å². The summed E-state index contributed by atoms with van der Waals surface area (Å²) < 4.78 is 13.2. The predicted molar refractivity (Wildman–Crippen MR) is 139 cm³/mol. The van der Waals surface area contributed by atoms with Gasteiger partial charge in [0.1, 0.15) is 11.4 Å². The van der Waals surface area contributed by atoms with Gasteiger partial charge in [-0.1, -0.05) is 17.8 Å². The molecule has 1 fully saturated rings. The molecule has 186 valence electrons. The molecule has 0 bridgehead atoms. The van der Waals surface area contributed by atoms with E-state index in [-0.39, 0.29) is 11.9 Å². The number of ether oxygens (including phenoxy) is 2. The second kappa shape index (κ2) is 11.2. The Labute approximate surface area is 214 Å². The first-order valence-corrected chi connectivity index (χ1v) is 13.0. The number of nitriles is 1. The summed E-state index contributed by atoms with van der Waals surface area (Å²) in [5.74, 6) is 0.765. The molecule has 2 aliphatic rings. The molecule has 8 nitrogen and oxygen atoms in total. The number of rotatable bonds is 9. The fourth-order valence-electron chi connectivity index (χ4n) is 4.64. The number of carbonyl (C=O) groups is 1. The summed E-state index contributed by atoms with van der Waals surface area (Å²) in [6, 6.07) is 15.4. The first-order valence-electron chi connectivity index (χ1n) is 12.2. The summed E-state index contributed by atoms with van der Waals surface area (Å²) in [5, 5.41) is 13.1. The van der Waals surface area contributed by atoms with Gasteiger partial charge in [-0.3, -0.25) is 9.20 Å². The highest BCUT2D eigenvalue weighted by atomic mass is 32.2. The van der Waals surface area contributed by atoms with Crippen molar-refractivity contribution in [2.24, 2.45) is 0 Å². The molecule has 0 radical (unpaired) electrons. The standard InChI is InChI=1S/C27H29N5O3S/c1-34-18-22-23-16-24(36-26-5-2-4-25(30-22)32(23)26)27(33)29-20-10-13-31(14-11-20)12-3-15-35-21-8-6-19(17-28)7-9-21/h2,4-9,16,20H,3,10-15,18H2,1H3,(H,29,33). The van der Waals surface area contributed by atoms with Crippen molar-refractivity contribution in [3.63, 3.8) is 0 Å². The molecule has 4 heterocycles. The third kappa shape index (κ3) is 5.41. The summed E-state index contributed by atoms with van der Waals surface area (Å²) in [6.45, 7) is 3.93. The van der Waals surface area contributed by atoms with Crippen molar-refractivity contribution >= 4 is 29.4 Å². The molecule has 1 saturated heterocycles. The third-order valence-electron chi connectivity index (χ3n) is 6.50. The van der Waals surface area contributed by atoms with Crippen LogP contribution in [0, 0.1) is 11.3 Å². The molecule has 2 aromatic heterocycles. The Morgan fingerprint density at radius 2 is 2.03 bits per heavy atom. The van der Waals surface area contributed by atoms with E-state index < -0.39 is 0 Å². The quantitative estimate of drug-likeness (QED) is 0.444. The SMILES string of the molecule is COCc1nc2cccc3n2c1C=C(C(=O)NC1CCN(CCCOc2ccc(C#N)cc2)CC1)S3. The minimum absolute atomic E-state index is 0.0258. The highest BCUT2D eigenvalue weighted by Gasteiger charge is 2.26. The number of nitrogens with zero attached hydrogens (tertiary/aromatic N) is 4. The zero-order chi connectivity index (χ0) is 24.9. The van der Waals surface area contributed by atoms with Crippen LogP contribution >= 0.6 is 11.8 Å². The van der Waals surface area contributed by atoms with E-state index in [2.05, 4.69) is 25.7 Å². The molecular weight excluding hydrogens is 474 g/mol. The molecule has 0 saturated carbocycles. The zero-order valence-corrected chi connectivity index (χ0v) is 21.1. The van der Waals surface area contributed by atoms with Gasteiger partial charge in [-0.2, -0.15) is 5.26 Å². The Balaban J connectivity index is 1.09. The Kier molecular flexibility index (Phi) is 7.56. The van der Waals surface area contributed by atoms with Crippen molar-refractivity contribution in [3.8, 4) is 11.8 Å². The number of benzene rings is 1. The summed E-state index contributed by atoms with van der Waals surface area (Å²) in [7, 11) is 1.65. The van der Waals surface area contributed by atoms with E-state index in [9.17, 15) is 4.79 Å². The van der Waals surface area contributed by atoms with E-state index >= 15 is 0 Å². The Morgan fingerprint density at radius 1 is 1.22 bits per heavy atom. The van der Waals surface area contributed by atoms with Gasteiger partial charge in [0.25, 0.3) is 5.91 Å². The van der Waals surface area contributed by atoms with Crippen molar-refractivity contribution in [2.45, 2.75) is 36.9 Å². The maximum absolute atomic E-state index is 13.1. The fraction of sp³-hybridized carbons (Fsp3) is 0.370. The van der Waals surface area contributed by atoms with Crippen LogP contribution in [0.5, 0.6) is 5.75 Å². The van der Waals surface area contributed by atoms with Gasteiger partial charge in [0, 0.05) is 32.8 Å². The summed E-state index contributed by atoms with van der Waals surface area (Å²) in [6.07, 6.45) is 4.74. The van der Waals surface area contributed by atoms with Crippen LogP contribution in [0.15, 0.2) is 52.4 Å². The number of hydrogen-bond acceptors (Lipinski definition) is 7. The summed E-state index contributed by atoms with van der Waals surface area (Å²) in [4.78, 5) is 20.9. The van der Waals surface area contributed by atoms with Gasteiger partial charge < -0.3 is 19.7 Å². The molecule has 5 rings (SSSR count). The molecule has 3 aromatic rings. The second-order valence-electron chi connectivity index (χ2n) is 8.97. The number of nitrogens with one attached hydrogen (secondary N) is 1. The molecule has 0 atom stereocenters. The van der Waals surface area contributed by atoms with E-state index in [0.29, 0.717) is 23.7 Å². The molecule has 36 heavy (non-hydrogen) atoms. The maximum atomic E-state index is 13.1. The highest BCUT2D eigenvalue weighted by Crippen LogP contribution is 2.36. The number of methoxy groups -OCH3 is 1. The largest absolute Gasteiger partial charge is 0.494 e. The van der Waals surface area contributed by atoms with Crippen LogP contribution in [-0.2, 0) is 16.1 Å². The van der Waals surface area contributed by atoms with E-state index in [1.54, 1.807) is 19.2 Å². The molecule has 1 amide bonds. The lowest BCUT2D eigenvalue weighted by Gasteiger charge is -2.32. The number of amides is 1. The van der Waals surface area contributed by atoms with Crippen LogP contribution in [0.1, 0.15) is 36.2 Å². The van der Waals surface area contributed by atoms with Crippen molar-refractivity contribution < 1.29 is 14.3 Å². The minimum atomic E-state index is -0.0258. The van der Waals surface area contributed by atoms with E-state index in [1.165, 1.54) is 11.8 Å². The molecular formula is C27H29N5O3S. The fourth-order valence-corrected chi connectivity index (χ4v) is 5.62. The monoisotopic (exact) mass is 503 g/mol. The van der Waals surface area contributed by atoms with Crippen LogP contribution in [-0.4, -0.2) is 59.6 Å². The van der Waals surface area contributed by atoms with E-state index in [0.717, 1.165) is 66.7 Å². The normalized spacial score (nSPS) is 15.9. The Morgan fingerprint density at radius 3 is 2.78 bits per heavy atom. The zero-order valence-electron chi connectivity index (χ0n) is 20.3. The average Bonchev–Trinajstić information content (AvgIpc) is 3.26. The summed E-state index contributed by atoms with van der Waals surface area (Å²) >= 11 is 1.48. The van der Waals surface area contributed by atoms with Crippen LogP contribution in [0.25, 0.3) is 11.7 Å². The molecule has 1 N–H and O–H groups in total. The van der Waals surface area contributed by atoms with Crippen molar-refractivity contribution in [1.29, 1.82) is 5.26 Å². The number of likely N-dealkylation sites (tertiary alicyclic amines) is 1. The third-order valence-corrected chi connectivity index (χ3v) is 7.55. The predicted octanol–water partition coefficient (Wildman–Crippen LogP) is 3.85. The van der Waals surface area contributed by atoms with Crippen LogP contribution in [0.3, 0.4) is 0 Å². The number of aromatic nitrogens is 2. The van der Waals surface area contributed by atoms with Gasteiger partial charge in [-0.15, -0.1) is 0 Å². The summed E-state index contributed by atoms with van der Waals surface area (Å²) in [5.41, 5.74) is 3.26. The molecule has 0 spiro atoms. The van der Waals surface area contributed by atoms with Crippen molar-refractivity contribution in [3.05, 3.63) is 64.3 Å². The first kappa shape index (κ1) is 24.4. The molecule has 0 unspecified atom stereocenters. The lowest BCUT2D eigenvalue weighted by atomic mass is 10.0. The number of imidazole rings is 1. The van der Waals surface area contributed by atoms with E-state index in [1.807, 2.05) is 36.4 Å². The number of piperidine rings is 1. The van der Waals surface area contributed by atoms with Crippen molar-refractivity contribution in [1.82, 2.24) is 19.6 Å². The van der Waals surface area contributed by atoms with Gasteiger partial charge in [-0.25, -0.2) is 4.98 Å². The van der Waals surface area contributed by atoms with Gasteiger partial charge in [0.2, 0.25) is 0 Å². The van der Waals surface area contributed by atoms with E-state index in [4.69, 9.17) is 14.7 Å². The maximum Gasteiger partial charge on any atom is 0.258 e. The van der Waals surface area contributed by atoms with Crippen LogP contribution in [0.2, 0.25) is 0 Å². The van der Waals surface area contributed by atoms with Crippen LogP contribution < -0.4 is 10.1 Å². The van der Waals surface area contributed by atoms with Crippen LogP contribution in [0.4, 0.5) is 0 Å². The van der Waals surface area contributed by atoms with Gasteiger partial charge in [-0.05, 0) is 61.7 Å². The number of thioether (sulfide) groups is 1. The Bertz CT molecular complexity index is 1300. The second-order valence-corrected chi connectivity index (χ2v) is 10.0. The molecule has 0 aliphatic carbocycles. The lowest BCUT2D eigenvalue weighted by molar-refractivity contribution is -0.117. The topological polar surface area (TPSA) is 91.9 Å². The molecule has 9 heteroatoms.